The van der Waals surface area contributed by atoms with E-state index in [4.69, 9.17) is 4.74 Å². The van der Waals surface area contributed by atoms with E-state index in [0.29, 0.717) is 6.54 Å². The molecule has 0 aliphatic carbocycles. The van der Waals surface area contributed by atoms with Gasteiger partial charge in [-0.2, -0.15) is 0 Å². The molecule has 0 saturated heterocycles. The largest absolute Gasteiger partial charge is 0.496 e. The number of hydrogen-bond acceptors (Lipinski definition) is 3. The van der Waals surface area contributed by atoms with Crippen molar-refractivity contribution < 1.29 is 4.74 Å². The summed E-state index contributed by atoms with van der Waals surface area (Å²) in [4.78, 5) is 4.64. The maximum atomic E-state index is 5.37. The summed E-state index contributed by atoms with van der Waals surface area (Å²) >= 11 is 0. The third kappa shape index (κ3) is 7.95. The molecule has 0 atom stereocenters. The Morgan fingerprint density at radius 2 is 1.69 bits per heavy atom. The lowest BCUT2D eigenvalue weighted by Crippen LogP contribution is -2.38. The third-order valence-corrected chi connectivity index (χ3v) is 3.69. The molecular formula is C20H29IN4O. The molecule has 5 nitrogen and oxygen atoms in total. The predicted octanol–water partition coefficient (Wildman–Crippen LogP) is 3.87. The van der Waals surface area contributed by atoms with E-state index in [1.54, 1.807) is 7.11 Å². The number of nitrogens with one attached hydrogen (secondary N) is 3. The quantitative estimate of drug-likeness (QED) is 0.226. The SMILES string of the molecule is CCNC(=NCc1ccccc1OC)NCCCNc1ccccc1.I. The normalized spacial score (nSPS) is 10.6. The van der Waals surface area contributed by atoms with Crippen LogP contribution in [0.4, 0.5) is 5.69 Å². The first kappa shape index (κ1) is 22.1. The van der Waals surface area contributed by atoms with Crippen LogP contribution in [-0.2, 0) is 6.54 Å². The van der Waals surface area contributed by atoms with E-state index in [-0.39, 0.29) is 24.0 Å². The Bertz CT molecular complexity index is 649. The van der Waals surface area contributed by atoms with Crippen LogP contribution < -0.4 is 20.7 Å². The van der Waals surface area contributed by atoms with Crippen LogP contribution in [0.5, 0.6) is 5.75 Å². The van der Waals surface area contributed by atoms with Crippen LogP contribution in [0.3, 0.4) is 0 Å². The number of halogens is 1. The predicted molar refractivity (Wildman–Crippen MR) is 121 cm³/mol. The number of methoxy groups -OCH3 is 1. The maximum Gasteiger partial charge on any atom is 0.191 e. The highest BCUT2D eigenvalue weighted by atomic mass is 127. The highest BCUT2D eigenvalue weighted by Gasteiger charge is 2.02. The molecule has 0 heterocycles. The molecule has 26 heavy (non-hydrogen) atoms. The summed E-state index contributed by atoms with van der Waals surface area (Å²) in [5.41, 5.74) is 2.23. The minimum absolute atomic E-state index is 0. The Labute approximate surface area is 173 Å². The molecule has 2 rings (SSSR count). The smallest absolute Gasteiger partial charge is 0.191 e. The fourth-order valence-corrected chi connectivity index (χ4v) is 2.42. The van der Waals surface area contributed by atoms with E-state index >= 15 is 0 Å². The zero-order valence-electron chi connectivity index (χ0n) is 15.5. The van der Waals surface area contributed by atoms with Crippen LogP contribution in [-0.4, -0.2) is 32.7 Å². The number of para-hydroxylation sites is 2. The summed E-state index contributed by atoms with van der Waals surface area (Å²) in [5, 5.41) is 10.1. The van der Waals surface area contributed by atoms with E-state index in [0.717, 1.165) is 49.0 Å². The number of anilines is 1. The Hall–Kier alpha value is -1.96. The molecule has 142 valence electrons. The molecule has 2 aromatic carbocycles. The summed E-state index contributed by atoms with van der Waals surface area (Å²) in [6, 6.07) is 18.2. The molecule has 0 bridgehead atoms. The van der Waals surface area contributed by atoms with Gasteiger partial charge in [0.05, 0.1) is 13.7 Å². The molecule has 0 fully saturated rings. The lowest BCUT2D eigenvalue weighted by atomic mass is 10.2. The average molecular weight is 468 g/mol. The van der Waals surface area contributed by atoms with Crippen LogP contribution in [0.1, 0.15) is 18.9 Å². The molecular weight excluding hydrogens is 439 g/mol. The lowest BCUT2D eigenvalue weighted by molar-refractivity contribution is 0.410. The monoisotopic (exact) mass is 468 g/mol. The van der Waals surface area contributed by atoms with Crippen molar-refractivity contribution in [3.05, 3.63) is 60.2 Å². The standard InChI is InChI=1S/C20H28N4O.HI/c1-3-21-20(24-16-17-10-7-8-13-19(17)25-2)23-15-9-14-22-18-11-5-4-6-12-18;/h4-8,10-13,22H,3,9,14-16H2,1-2H3,(H2,21,23,24);1H. The highest BCUT2D eigenvalue weighted by molar-refractivity contribution is 14.0. The number of nitrogens with zero attached hydrogens (tertiary/aromatic N) is 1. The van der Waals surface area contributed by atoms with Gasteiger partial charge >= 0.3 is 0 Å². The van der Waals surface area contributed by atoms with Crippen molar-refractivity contribution in [2.24, 2.45) is 4.99 Å². The second-order valence-electron chi connectivity index (χ2n) is 5.58. The highest BCUT2D eigenvalue weighted by Crippen LogP contribution is 2.17. The van der Waals surface area contributed by atoms with E-state index in [9.17, 15) is 0 Å². The second-order valence-corrected chi connectivity index (χ2v) is 5.58. The van der Waals surface area contributed by atoms with Gasteiger partial charge in [-0.3, -0.25) is 0 Å². The van der Waals surface area contributed by atoms with Gasteiger partial charge in [-0.05, 0) is 31.5 Å². The zero-order chi connectivity index (χ0) is 17.7. The molecule has 6 heteroatoms. The Morgan fingerprint density at radius 1 is 0.962 bits per heavy atom. The van der Waals surface area contributed by atoms with Crippen LogP contribution in [0, 0.1) is 0 Å². The second kappa shape index (κ2) is 13.3. The van der Waals surface area contributed by atoms with Crippen LogP contribution in [0.15, 0.2) is 59.6 Å². The minimum Gasteiger partial charge on any atom is -0.496 e. The van der Waals surface area contributed by atoms with Crippen LogP contribution in [0.2, 0.25) is 0 Å². The number of hydrogen-bond donors (Lipinski definition) is 3. The van der Waals surface area contributed by atoms with Gasteiger partial charge in [0.15, 0.2) is 5.96 Å². The lowest BCUT2D eigenvalue weighted by Gasteiger charge is -2.12. The summed E-state index contributed by atoms with van der Waals surface area (Å²) in [5.74, 6) is 1.70. The summed E-state index contributed by atoms with van der Waals surface area (Å²) in [7, 11) is 1.69. The topological polar surface area (TPSA) is 57.7 Å². The maximum absolute atomic E-state index is 5.37. The van der Waals surface area contributed by atoms with Gasteiger partial charge in [0.25, 0.3) is 0 Å². The first-order valence-corrected chi connectivity index (χ1v) is 8.76. The number of aliphatic imine (C=N–C) groups is 1. The Morgan fingerprint density at radius 3 is 2.42 bits per heavy atom. The van der Waals surface area contributed by atoms with Gasteiger partial charge in [0.2, 0.25) is 0 Å². The minimum atomic E-state index is 0. The van der Waals surface area contributed by atoms with E-state index in [1.807, 2.05) is 42.5 Å². The number of rotatable bonds is 9. The average Bonchev–Trinajstić information content (AvgIpc) is 2.66. The molecule has 0 spiro atoms. The number of guanidine groups is 1. The van der Waals surface area contributed by atoms with E-state index in [1.165, 1.54) is 0 Å². The summed E-state index contributed by atoms with van der Waals surface area (Å²) in [6.07, 6.45) is 1.01. The van der Waals surface area contributed by atoms with Crippen molar-refractivity contribution in [3.8, 4) is 5.75 Å². The van der Waals surface area contributed by atoms with Crippen molar-refractivity contribution in [2.75, 3.05) is 32.1 Å². The fraction of sp³-hybridized carbons (Fsp3) is 0.350. The van der Waals surface area contributed by atoms with Gasteiger partial charge in [0, 0.05) is 30.9 Å². The van der Waals surface area contributed by atoms with Gasteiger partial charge in [-0.25, -0.2) is 4.99 Å². The first-order chi connectivity index (χ1) is 12.3. The molecule has 0 unspecified atom stereocenters. The van der Waals surface area contributed by atoms with Crippen molar-refractivity contribution in [1.82, 2.24) is 10.6 Å². The van der Waals surface area contributed by atoms with Crippen molar-refractivity contribution in [3.63, 3.8) is 0 Å². The summed E-state index contributed by atoms with van der Waals surface area (Å²) in [6.45, 7) is 5.26. The first-order valence-electron chi connectivity index (χ1n) is 8.76. The zero-order valence-corrected chi connectivity index (χ0v) is 17.8. The van der Waals surface area contributed by atoms with Gasteiger partial charge in [0.1, 0.15) is 5.75 Å². The fourth-order valence-electron chi connectivity index (χ4n) is 2.42. The molecule has 0 amide bonds. The number of ether oxygens (including phenoxy) is 1. The van der Waals surface area contributed by atoms with Crippen molar-refractivity contribution >= 4 is 35.6 Å². The summed E-state index contributed by atoms with van der Waals surface area (Å²) < 4.78 is 5.37. The van der Waals surface area contributed by atoms with Gasteiger partial charge < -0.3 is 20.7 Å². The molecule has 3 N–H and O–H groups in total. The van der Waals surface area contributed by atoms with Crippen molar-refractivity contribution in [1.29, 1.82) is 0 Å². The van der Waals surface area contributed by atoms with E-state index < -0.39 is 0 Å². The molecule has 0 saturated carbocycles. The Kier molecular flexibility index (Phi) is 11.3. The van der Waals surface area contributed by atoms with Gasteiger partial charge in [-0.1, -0.05) is 36.4 Å². The van der Waals surface area contributed by atoms with Gasteiger partial charge in [-0.15, -0.1) is 24.0 Å². The van der Waals surface area contributed by atoms with E-state index in [2.05, 4.69) is 40.0 Å². The van der Waals surface area contributed by atoms with Crippen LogP contribution in [0.25, 0.3) is 0 Å². The van der Waals surface area contributed by atoms with Crippen LogP contribution >= 0.6 is 24.0 Å². The molecule has 0 aliphatic rings. The molecule has 0 aromatic heterocycles. The third-order valence-electron chi connectivity index (χ3n) is 3.69. The molecule has 2 aromatic rings. The Balaban J connectivity index is 0.00000338. The molecule has 0 radical (unpaired) electrons. The molecule has 0 aliphatic heterocycles. The number of benzene rings is 2. The van der Waals surface area contributed by atoms with Crippen molar-refractivity contribution in [2.45, 2.75) is 19.9 Å².